The third-order valence-electron chi connectivity index (χ3n) is 4.17. The number of hydrogen-bond donors (Lipinski definition) is 2. The van der Waals surface area contributed by atoms with Crippen molar-refractivity contribution in [2.45, 2.75) is 39.0 Å². The van der Waals surface area contributed by atoms with Crippen LogP contribution < -0.4 is 4.72 Å². The summed E-state index contributed by atoms with van der Waals surface area (Å²) in [5.74, 6) is 1.23. The molecule has 0 spiro atoms. The van der Waals surface area contributed by atoms with Gasteiger partial charge in [0.05, 0.1) is 17.1 Å². The van der Waals surface area contributed by atoms with Crippen molar-refractivity contribution in [3.63, 3.8) is 0 Å². The summed E-state index contributed by atoms with van der Waals surface area (Å²) in [5, 5.41) is 6.62. The van der Waals surface area contributed by atoms with Crippen molar-refractivity contribution >= 4 is 10.0 Å². The Balaban J connectivity index is 1.70. The van der Waals surface area contributed by atoms with E-state index in [4.69, 9.17) is 4.42 Å². The van der Waals surface area contributed by atoms with Crippen LogP contribution in [-0.4, -0.2) is 30.1 Å². The number of H-pyrrole nitrogens is 1. The summed E-state index contributed by atoms with van der Waals surface area (Å²) in [5.41, 5.74) is 3.78. The molecule has 3 aromatic rings. The number of nitrogens with zero attached hydrogens (tertiary/aromatic N) is 2. The van der Waals surface area contributed by atoms with Crippen LogP contribution in [0.3, 0.4) is 0 Å². The zero-order valence-electron chi connectivity index (χ0n) is 15.3. The fourth-order valence-corrected chi connectivity index (χ4v) is 4.19. The number of oxazole rings is 1. The van der Waals surface area contributed by atoms with Crippen molar-refractivity contribution in [2.24, 2.45) is 0 Å². The van der Waals surface area contributed by atoms with E-state index in [9.17, 15) is 8.42 Å². The Morgan fingerprint density at radius 2 is 1.81 bits per heavy atom. The molecule has 0 atom stereocenters. The molecule has 0 amide bonds. The number of sulfonamides is 1. The molecule has 0 bridgehead atoms. The van der Waals surface area contributed by atoms with Gasteiger partial charge in [0.2, 0.25) is 15.9 Å². The number of aromatic nitrogens is 3. The molecule has 2 heterocycles. The molecule has 26 heavy (non-hydrogen) atoms. The Morgan fingerprint density at radius 1 is 1.12 bits per heavy atom. The minimum absolute atomic E-state index is 0.203. The fraction of sp³-hybridized carbons (Fsp3) is 0.333. The van der Waals surface area contributed by atoms with Gasteiger partial charge in [-0.2, -0.15) is 5.10 Å². The average Bonchev–Trinajstić information content (AvgIpc) is 3.11. The topological polar surface area (TPSA) is 101 Å². The highest BCUT2D eigenvalue weighted by Crippen LogP contribution is 2.22. The van der Waals surface area contributed by atoms with Gasteiger partial charge in [-0.05, 0) is 39.8 Å². The van der Waals surface area contributed by atoms with Gasteiger partial charge in [-0.1, -0.05) is 17.7 Å². The molecule has 0 aliphatic rings. The highest BCUT2D eigenvalue weighted by Gasteiger charge is 2.22. The zero-order chi connectivity index (χ0) is 18.9. The van der Waals surface area contributed by atoms with E-state index in [-0.39, 0.29) is 11.4 Å². The molecule has 138 valence electrons. The molecule has 0 saturated carbocycles. The Morgan fingerprint density at radius 3 is 2.42 bits per heavy atom. The minimum Gasteiger partial charge on any atom is -0.441 e. The lowest BCUT2D eigenvalue weighted by Crippen LogP contribution is -2.27. The number of nitrogens with one attached hydrogen (secondary N) is 2. The largest absolute Gasteiger partial charge is 0.441 e. The summed E-state index contributed by atoms with van der Waals surface area (Å²) in [6, 6.07) is 7.91. The summed E-state index contributed by atoms with van der Waals surface area (Å²) in [6.07, 6.45) is 0.441. The third-order valence-corrected chi connectivity index (χ3v) is 5.90. The first-order valence-corrected chi connectivity index (χ1v) is 9.81. The maximum Gasteiger partial charge on any atom is 0.244 e. The molecule has 0 unspecified atom stereocenters. The second kappa shape index (κ2) is 7.05. The number of benzene rings is 1. The lowest BCUT2D eigenvalue weighted by Gasteiger charge is -2.06. The molecule has 1 aromatic carbocycles. The van der Waals surface area contributed by atoms with Crippen LogP contribution >= 0.6 is 0 Å². The van der Waals surface area contributed by atoms with Gasteiger partial charge >= 0.3 is 0 Å². The lowest BCUT2D eigenvalue weighted by molar-refractivity contribution is 0.538. The van der Waals surface area contributed by atoms with Gasteiger partial charge in [-0.3, -0.25) is 5.10 Å². The molecule has 0 aliphatic carbocycles. The minimum atomic E-state index is -3.61. The highest BCUT2D eigenvalue weighted by atomic mass is 32.2. The molecule has 0 radical (unpaired) electrons. The van der Waals surface area contributed by atoms with Gasteiger partial charge in [0, 0.05) is 18.5 Å². The van der Waals surface area contributed by atoms with E-state index in [0.717, 1.165) is 16.8 Å². The van der Waals surface area contributed by atoms with E-state index in [0.29, 0.717) is 29.5 Å². The summed E-state index contributed by atoms with van der Waals surface area (Å²) < 4.78 is 33.2. The van der Waals surface area contributed by atoms with Crippen molar-refractivity contribution in [1.29, 1.82) is 0 Å². The monoisotopic (exact) mass is 374 g/mol. The van der Waals surface area contributed by atoms with Crippen molar-refractivity contribution in [3.8, 4) is 11.5 Å². The molecule has 0 saturated heterocycles. The standard InChI is InChI=1S/C18H22N4O3S/c1-11-5-7-15(8-6-11)18-20-16(14(4)25-18)9-10-19-26(23,24)17-12(2)21-22-13(17)3/h5-8,19H,9-10H2,1-4H3,(H,21,22). The molecule has 3 rings (SSSR count). The number of aromatic amines is 1. The summed E-state index contributed by atoms with van der Waals surface area (Å²) in [7, 11) is -3.61. The average molecular weight is 374 g/mol. The molecular formula is C18H22N4O3S. The second-order valence-corrected chi connectivity index (χ2v) is 8.00. The van der Waals surface area contributed by atoms with Crippen molar-refractivity contribution in [1.82, 2.24) is 19.9 Å². The van der Waals surface area contributed by atoms with Crippen LogP contribution in [-0.2, 0) is 16.4 Å². The van der Waals surface area contributed by atoms with Crippen LogP contribution in [0.5, 0.6) is 0 Å². The molecule has 7 nitrogen and oxygen atoms in total. The quantitative estimate of drug-likeness (QED) is 0.691. The SMILES string of the molecule is Cc1ccc(-c2nc(CCNS(=O)(=O)c3c(C)n[nH]c3C)c(C)o2)cc1. The van der Waals surface area contributed by atoms with Gasteiger partial charge < -0.3 is 4.42 Å². The number of rotatable bonds is 6. The van der Waals surface area contributed by atoms with Crippen LogP contribution in [0.1, 0.15) is 28.4 Å². The predicted octanol–water partition coefficient (Wildman–Crippen LogP) is 2.82. The number of aryl methyl sites for hydroxylation is 4. The summed E-state index contributed by atoms with van der Waals surface area (Å²) in [6.45, 7) is 7.43. The maximum atomic E-state index is 12.5. The molecule has 2 N–H and O–H groups in total. The first kappa shape index (κ1) is 18.3. The molecule has 0 aliphatic heterocycles. The van der Waals surface area contributed by atoms with E-state index in [1.807, 2.05) is 38.1 Å². The normalized spacial score (nSPS) is 11.8. The Labute approximate surface area is 152 Å². The molecule has 8 heteroatoms. The van der Waals surface area contributed by atoms with Gasteiger partial charge in [-0.25, -0.2) is 18.1 Å². The second-order valence-electron chi connectivity index (χ2n) is 6.30. The zero-order valence-corrected chi connectivity index (χ0v) is 16.1. The van der Waals surface area contributed by atoms with Crippen molar-refractivity contribution in [3.05, 3.63) is 52.7 Å². The molecule has 0 fully saturated rings. The van der Waals surface area contributed by atoms with Crippen molar-refractivity contribution < 1.29 is 12.8 Å². The van der Waals surface area contributed by atoms with Gasteiger partial charge in [0.1, 0.15) is 10.7 Å². The first-order valence-electron chi connectivity index (χ1n) is 8.32. The predicted molar refractivity (Wildman–Crippen MR) is 98.4 cm³/mol. The van der Waals surface area contributed by atoms with Crippen LogP contribution in [0.4, 0.5) is 0 Å². The third kappa shape index (κ3) is 3.71. The van der Waals surface area contributed by atoms with Gasteiger partial charge in [-0.15, -0.1) is 0 Å². The van der Waals surface area contributed by atoms with Crippen LogP contribution in [0, 0.1) is 27.7 Å². The highest BCUT2D eigenvalue weighted by molar-refractivity contribution is 7.89. The molecule has 2 aromatic heterocycles. The lowest BCUT2D eigenvalue weighted by atomic mass is 10.1. The van der Waals surface area contributed by atoms with E-state index in [1.165, 1.54) is 0 Å². The van der Waals surface area contributed by atoms with Gasteiger partial charge in [0.25, 0.3) is 0 Å². The van der Waals surface area contributed by atoms with Crippen LogP contribution in [0.15, 0.2) is 33.6 Å². The van der Waals surface area contributed by atoms with Crippen molar-refractivity contribution in [2.75, 3.05) is 6.54 Å². The summed E-state index contributed by atoms with van der Waals surface area (Å²) >= 11 is 0. The van der Waals surface area contributed by atoms with E-state index >= 15 is 0 Å². The Bertz CT molecular complexity index is 998. The van der Waals surface area contributed by atoms with E-state index in [2.05, 4.69) is 19.9 Å². The van der Waals surface area contributed by atoms with Crippen LogP contribution in [0.2, 0.25) is 0 Å². The number of hydrogen-bond acceptors (Lipinski definition) is 5. The van der Waals surface area contributed by atoms with Gasteiger partial charge in [0.15, 0.2) is 0 Å². The fourth-order valence-electron chi connectivity index (χ4n) is 2.79. The maximum absolute atomic E-state index is 12.5. The Kier molecular flexibility index (Phi) is 4.97. The van der Waals surface area contributed by atoms with E-state index in [1.54, 1.807) is 13.8 Å². The summed E-state index contributed by atoms with van der Waals surface area (Å²) in [4.78, 5) is 4.71. The Hall–Kier alpha value is -2.45. The first-order chi connectivity index (χ1) is 12.3. The molecular weight excluding hydrogens is 352 g/mol. The smallest absolute Gasteiger partial charge is 0.244 e. The van der Waals surface area contributed by atoms with E-state index < -0.39 is 10.0 Å². The van der Waals surface area contributed by atoms with Crippen LogP contribution in [0.25, 0.3) is 11.5 Å².